The second kappa shape index (κ2) is 11.2. The molecule has 8 heteroatoms. The van der Waals surface area contributed by atoms with E-state index in [0.29, 0.717) is 24.8 Å². The molecular formula is C23H35N5O3. The van der Waals surface area contributed by atoms with Crippen molar-refractivity contribution in [3.8, 4) is 0 Å². The van der Waals surface area contributed by atoms with Crippen molar-refractivity contribution < 1.29 is 13.9 Å². The van der Waals surface area contributed by atoms with Gasteiger partial charge in [-0.15, -0.1) is 10.2 Å². The highest BCUT2D eigenvalue weighted by atomic mass is 16.5. The summed E-state index contributed by atoms with van der Waals surface area (Å²) >= 11 is 0. The largest absolute Gasteiger partial charge is 0.453 e. The normalized spacial score (nSPS) is 15.2. The zero-order chi connectivity index (χ0) is 22.2. The molecule has 0 unspecified atom stereocenters. The summed E-state index contributed by atoms with van der Waals surface area (Å²) in [5.41, 5.74) is 1.39. The highest BCUT2D eigenvalue weighted by molar-refractivity contribution is 5.91. The molecule has 0 bridgehead atoms. The van der Waals surface area contributed by atoms with Crippen LogP contribution < -0.4 is 5.32 Å². The molecule has 0 aromatic carbocycles. The highest BCUT2D eigenvalue weighted by Gasteiger charge is 2.20. The van der Waals surface area contributed by atoms with E-state index >= 15 is 0 Å². The third kappa shape index (κ3) is 6.77. The van der Waals surface area contributed by atoms with Crippen LogP contribution in [0.3, 0.4) is 0 Å². The Morgan fingerprint density at radius 3 is 2.90 bits per heavy atom. The van der Waals surface area contributed by atoms with E-state index in [1.807, 2.05) is 0 Å². The van der Waals surface area contributed by atoms with E-state index in [-0.39, 0.29) is 11.7 Å². The van der Waals surface area contributed by atoms with E-state index in [4.69, 9.17) is 9.15 Å². The summed E-state index contributed by atoms with van der Waals surface area (Å²) in [6.07, 6.45) is 5.56. The summed E-state index contributed by atoms with van der Waals surface area (Å²) < 4.78 is 12.7. The van der Waals surface area contributed by atoms with E-state index < -0.39 is 0 Å². The molecule has 1 aliphatic rings. The summed E-state index contributed by atoms with van der Waals surface area (Å²) in [5, 5.41) is 11.6. The molecule has 0 saturated heterocycles. The molecule has 31 heavy (non-hydrogen) atoms. The van der Waals surface area contributed by atoms with Gasteiger partial charge in [-0.05, 0) is 44.7 Å². The van der Waals surface area contributed by atoms with Gasteiger partial charge >= 0.3 is 0 Å². The molecule has 3 rings (SSSR count). The number of nitrogens with zero attached hydrogens (tertiary/aromatic N) is 4. The monoisotopic (exact) mass is 429 g/mol. The number of hydrogen-bond acceptors (Lipinski definition) is 6. The first-order valence-electron chi connectivity index (χ1n) is 11.1. The second-order valence-corrected chi connectivity index (χ2v) is 8.58. The predicted octanol–water partition coefficient (Wildman–Crippen LogP) is 3.19. The van der Waals surface area contributed by atoms with E-state index in [2.05, 4.69) is 51.8 Å². The minimum absolute atomic E-state index is 0.264. The lowest BCUT2D eigenvalue weighted by molar-refractivity contribution is 0.0913. The second-order valence-electron chi connectivity index (χ2n) is 8.58. The Morgan fingerprint density at radius 1 is 1.29 bits per heavy atom. The Bertz CT molecular complexity index is 882. The summed E-state index contributed by atoms with van der Waals surface area (Å²) in [5.74, 6) is 3.07. The van der Waals surface area contributed by atoms with Gasteiger partial charge < -0.3 is 23.9 Å². The first-order valence-corrected chi connectivity index (χ1v) is 11.1. The number of nitrogens with one attached hydrogen (secondary N) is 1. The van der Waals surface area contributed by atoms with Crippen molar-refractivity contribution in [1.82, 2.24) is 25.0 Å². The molecule has 2 aromatic heterocycles. The van der Waals surface area contributed by atoms with Crippen molar-refractivity contribution in [2.24, 2.45) is 5.92 Å². The molecule has 0 spiro atoms. The average Bonchev–Trinajstić information content (AvgIpc) is 3.30. The van der Waals surface area contributed by atoms with Gasteiger partial charge in [0, 0.05) is 39.7 Å². The van der Waals surface area contributed by atoms with Crippen molar-refractivity contribution in [2.45, 2.75) is 59.7 Å². The van der Waals surface area contributed by atoms with Crippen LogP contribution in [0.5, 0.6) is 0 Å². The maximum absolute atomic E-state index is 12.4. The Balaban J connectivity index is 1.50. The third-order valence-electron chi connectivity index (χ3n) is 5.56. The lowest BCUT2D eigenvalue weighted by atomic mass is 10.0. The van der Waals surface area contributed by atoms with Crippen LogP contribution in [0, 0.1) is 5.92 Å². The van der Waals surface area contributed by atoms with Gasteiger partial charge in [-0.1, -0.05) is 18.6 Å². The average molecular weight is 430 g/mol. The molecule has 8 nitrogen and oxygen atoms in total. The van der Waals surface area contributed by atoms with Gasteiger partial charge in [-0.25, -0.2) is 0 Å². The third-order valence-corrected chi connectivity index (χ3v) is 5.56. The zero-order valence-electron chi connectivity index (χ0n) is 19.2. The van der Waals surface area contributed by atoms with E-state index in [1.165, 1.54) is 12.0 Å². The number of ether oxygens (including phenoxy) is 1. The number of fused-ring (bicyclic) bond motifs is 1. The predicted molar refractivity (Wildman–Crippen MR) is 119 cm³/mol. The van der Waals surface area contributed by atoms with Gasteiger partial charge in [-0.3, -0.25) is 4.79 Å². The van der Waals surface area contributed by atoms with Crippen molar-refractivity contribution >= 4 is 5.91 Å². The maximum atomic E-state index is 12.4. The summed E-state index contributed by atoms with van der Waals surface area (Å²) in [4.78, 5) is 14.9. The topological polar surface area (TPSA) is 85.4 Å². The van der Waals surface area contributed by atoms with Crippen molar-refractivity contribution in [3.05, 3.63) is 47.0 Å². The Morgan fingerprint density at radius 2 is 2.13 bits per heavy atom. The summed E-state index contributed by atoms with van der Waals surface area (Å²) in [6, 6.07) is 3.40. The molecule has 170 valence electrons. The number of rotatable bonds is 10. The smallest absolute Gasteiger partial charge is 0.287 e. The Kier molecular flexibility index (Phi) is 8.43. The van der Waals surface area contributed by atoms with E-state index in [9.17, 15) is 4.79 Å². The first kappa shape index (κ1) is 23.2. The fourth-order valence-electron chi connectivity index (χ4n) is 3.89. The number of aromatic nitrogens is 3. The summed E-state index contributed by atoms with van der Waals surface area (Å²) in [7, 11) is 1.59. The van der Waals surface area contributed by atoms with Crippen LogP contribution in [0.2, 0.25) is 0 Å². The molecule has 2 aromatic rings. The van der Waals surface area contributed by atoms with Gasteiger partial charge in [0.2, 0.25) is 0 Å². The molecular weight excluding hydrogens is 394 g/mol. The molecule has 1 atom stereocenters. The first-order chi connectivity index (χ1) is 15.0. The number of methoxy groups -OCH3 is 1. The molecule has 1 aliphatic heterocycles. The Hall–Kier alpha value is -2.45. The van der Waals surface area contributed by atoms with Crippen LogP contribution >= 0.6 is 0 Å². The number of hydrogen-bond donors (Lipinski definition) is 1. The SMILES string of the molecule is COCc1ccc(C(=O)NCc2nnc3n2CCN(C[C@H](C)CCC=C(C)C)CC3)o1. The molecule has 3 heterocycles. The van der Waals surface area contributed by atoms with E-state index in [0.717, 1.165) is 50.7 Å². The van der Waals surface area contributed by atoms with Gasteiger partial charge in [0.25, 0.3) is 5.91 Å². The van der Waals surface area contributed by atoms with Crippen molar-refractivity contribution in [3.63, 3.8) is 0 Å². The summed E-state index contributed by atoms with van der Waals surface area (Å²) in [6.45, 7) is 11.2. The molecule has 0 saturated carbocycles. The van der Waals surface area contributed by atoms with Crippen LogP contribution in [0.15, 0.2) is 28.2 Å². The lowest BCUT2D eigenvalue weighted by Gasteiger charge is -2.23. The zero-order valence-corrected chi connectivity index (χ0v) is 19.2. The molecule has 0 radical (unpaired) electrons. The number of amides is 1. The number of furan rings is 1. The fourth-order valence-corrected chi connectivity index (χ4v) is 3.89. The molecule has 1 N–H and O–H groups in total. The quantitative estimate of drug-likeness (QED) is 0.584. The minimum atomic E-state index is -0.264. The van der Waals surface area contributed by atoms with Gasteiger partial charge in [0.15, 0.2) is 11.6 Å². The standard InChI is InChI=1S/C23H35N5O3/c1-17(2)6-5-7-18(3)15-27-11-10-21-25-26-22(28(21)13-12-27)14-24-23(29)20-9-8-19(31-20)16-30-4/h6,8-9,18H,5,7,10-16H2,1-4H3,(H,24,29)/t18-/m1/s1. The molecule has 0 aliphatic carbocycles. The van der Waals surface area contributed by atoms with Crippen LogP contribution in [0.25, 0.3) is 0 Å². The lowest BCUT2D eigenvalue weighted by Crippen LogP contribution is -2.32. The number of carbonyl (C=O) groups is 1. The van der Waals surface area contributed by atoms with Gasteiger partial charge in [-0.2, -0.15) is 0 Å². The number of allylic oxidation sites excluding steroid dienone is 2. The van der Waals surface area contributed by atoms with Crippen molar-refractivity contribution in [2.75, 3.05) is 26.7 Å². The van der Waals surface area contributed by atoms with Crippen LogP contribution in [0.4, 0.5) is 0 Å². The van der Waals surface area contributed by atoms with Crippen LogP contribution in [0.1, 0.15) is 61.6 Å². The Labute approximate surface area is 184 Å². The van der Waals surface area contributed by atoms with Crippen LogP contribution in [-0.2, 0) is 30.9 Å². The molecule has 1 amide bonds. The van der Waals surface area contributed by atoms with Crippen molar-refractivity contribution in [1.29, 1.82) is 0 Å². The number of carbonyl (C=O) groups excluding carboxylic acids is 1. The van der Waals surface area contributed by atoms with Crippen LogP contribution in [-0.4, -0.2) is 52.3 Å². The van der Waals surface area contributed by atoms with E-state index in [1.54, 1.807) is 19.2 Å². The maximum Gasteiger partial charge on any atom is 0.287 e. The van der Waals surface area contributed by atoms with Gasteiger partial charge in [0.1, 0.15) is 18.2 Å². The fraction of sp³-hybridized carbons (Fsp3) is 0.609. The minimum Gasteiger partial charge on any atom is -0.453 e. The highest BCUT2D eigenvalue weighted by Crippen LogP contribution is 2.15. The molecule has 0 fully saturated rings. The van der Waals surface area contributed by atoms with Gasteiger partial charge in [0.05, 0.1) is 6.54 Å².